The summed E-state index contributed by atoms with van der Waals surface area (Å²) in [5.41, 5.74) is 6.93. The Morgan fingerprint density at radius 3 is 2.40 bits per heavy atom. The fourth-order valence-electron chi connectivity index (χ4n) is 3.57. The third-order valence-corrected chi connectivity index (χ3v) is 4.43. The minimum absolute atomic E-state index is 0.723. The maximum atomic E-state index is 3.48. The molecular formula is C12H23N3. The van der Waals surface area contributed by atoms with Crippen LogP contribution in [0, 0.1) is 0 Å². The zero-order valence-corrected chi connectivity index (χ0v) is 9.54. The molecule has 2 unspecified atom stereocenters. The number of hydrogen-bond donors (Lipinski definition) is 2. The summed E-state index contributed by atoms with van der Waals surface area (Å²) < 4.78 is 0. The summed E-state index contributed by atoms with van der Waals surface area (Å²) in [6.07, 6.45) is 12.7. The van der Waals surface area contributed by atoms with E-state index in [0.29, 0.717) is 0 Å². The van der Waals surface area contributed by atoms with Crippen LogP contribution in [0.15, 0.2) is 0 Å². The van der Waals surface area contributed by atoms with Gasteiger partial charge in [0.25, 0.3) is 0 Å². The molecule has 0 spiro atoms. The first-order valence-electron chi connectivity index (χ1n) is 6.75. The second kappa shape index (κ2) is 4.40. The summed E-state index contributed by atoms with van der Waals surface area (Å²) in [4.78, 5) is 0. The standard InChI is InChI=1S/C12H23N3/c1-2-6-10(7-3-1)15-12-9-5-4-8-11(12)13-14-15/h10-14H,1-9H2. The van der Waals surface area contributed by atoms with Crippen molar-refractivity contribution >= 4 is 0 Å². The molecule has 1 aliphatic heterocycles. The fourth-order valence-corrected chi connectivity index (χ4v) is 3.57. The van der Waals surface area contributed by atoms with Crippen molar-refractivity contribution in [2.45, 2.75) is 75.9 Å². The molecule has 0 radical (unpaired) electrons. The molecule has 0 amide bonds. The Morgan fingerprint density at radius 2 is 1.53 bits per heavy atom. The average Bonchev–Trinajstić information content (AvgIpc) is 2.74. The summed E-state index contributed by atoms with van der Waals surface area (Å²) in [5.74, 6) is 0. The Morgan fingerprint density at radius 1 is 0.800 bits per heavy atom. The van der Waals surface area contributed by atoms with Gasteiger partial charge in [-0.3, -0.25) is 0 Å². The zero-order chi connectivity index (χ0) is 10.1. The van der Waals surface area contributed by atoms with Gasteiger partial charge in [0, 0.05) is 18.1 Å². The van der Waals surface area contributed by atoms with Crippen LogP contribution in [0.25, 0.3) is 0 Å². The van der Waals surface area contributed by atoms with Gasteiger partial charge in [-0.1, -0.05) is 32.1 Å². The van der Waals surface area contributed by atoms with Crippen molar-refractivity contribution in [2.75, 3.05) is 0 Å². The molecule has 1 heterocycles. The first-order valence-corrected chi connectivity index (χ1v) is 6.75. The van der Waals surface area contributed by atoms with Crippen LogP contribution in [0.3, 0.4) is 0 Å². The molecule has 2 saturated carbocycles. The fraction of sp³-hybridized carbons (Fsp3) is 1.00. The Hall–Kier alpha value is -0.120. The maximum Gasteiger partial charge on any atom is 0.0427 e. The number of fused-ring (bicyclic) bond motifs is 1. The lowest BCUT2D eigenvalue weighted by molar-refractivity contribution is 0.0731. The van der Waals surface area contributed by atoms with Gasteiger partial charge in [-0.25, -0.2) is 10.4 Å². The first-order chi connectivity index (χ1) is 7.45. The van der Waals surface area contributed by atoms with E-state index in [9.17, 15) is 0 Å². The molecule has 2 aliphatic carbocycles. The van der Waals surface area contributed by atoms with E-state index < -0.39 is 0 Å². The molecule has 2 atom stereocenters. The number of nitrogens with one attached hydrogen (secondary N) is 2. The molecule has 1 saturated heterocycles. The lowest BCUT2D eigenvalue weighted by atomic mass is 9.88. The van der Waals surface area contributed by atoms with Crippen LogP contribution in [0.4, 0.5) is 0 Å². The summed E-state index contributed by atoms with van der Waals surface area (Å²) >= 11 is 0. The summed E-state index contributed by atoms with van der Waals surface area (Å²) in [6, 6.07) is 2.31. The molecule has 15 heavy (non-hydrogen) atoms. The summed E-state index contributed by atoms with van der Waals surface area (Å²) in [5, 5.41) is 2.56. The number of hydrogen-bond acceptors (Lipinski definition) is 3. The molecule has 3 fully saturated rings. The van der Waals surface area contributed by atoms with Gasteiger partial charge < -0.3 is 0 Å². The lowest BCUT2D eigenvalue weighted by Gasteiger charge is -2.36. The SMILES string of the molecule is C1CCC(N2NNC3CCCCC32)CC1. The van der Waals surface area contributed by atoms with Crippen molar-refractivity contribution in [3.8, 4) is 0 Å². The van der Waals surface area contributed by atoms with Crippen molar-refractivity contribution in [3.63, 3.8) is 0 Å². The van der Waals surface area contributed by atoms with Crippen molar-refractivity contribution in [2.24, 2.45) is 0 Å². The largest absolute Gasteiger partial charge is 0.239 e. The molecule has 3 rings (SSSR count). The lowest BCUT2D eigenvalue weighted by Crippen LogP contribution is -2.48. The second-order valence-corrected chi connectivity index (χ2v) is 5.41. The van der Waals surface area contributed by atoms with E-state index in [4.69, 9.17) is 0 Å². The minimum Gasteiger partial charge on any atom is -0.239 e. The van der Waals surface area contributed by atoms with Gasteiger partial charge in [0.2, 0.25) is 0 Å². The first kappa shape index (κ1) is 10.1. The molecule has 86 valence electrons. The molecular weight excluding hydrogens is 186 g/mol. The quantitative estimate of drug-likeness (QED) is 0.691. The Balaban J connectivity index is 1.65. The molecule has 3 nitrogen and oxygen atoms in total. The third-order valence-electron chi connectivity index (χ3n) is 4.43. The topological polar surface area (TPSA) is 27.3 Å². The van der Waals surface area contributed by atoms with Gasteiger partial charge in [-0.05, 0) is 25.7 Å². The van der Waals surface area contributed by atoms with Gasteiger partial charge in [0.1, 0.15) is 0 Å². The number of nitrogens with zero attached hydrogens (tertiary/aromatic N) is 1. The van der Waals surface area contributed by atoms with Gasteiger partial charge in [-0.2, -0.15) is 5.53 Å². The minimum atomic E-state index is 0.723. The Bertz CT molecular complexity index is 213. The van der Waals surface area contributed by atoms with E-state index in [1.165, 1.54) is 57.8 Å². The monoisotopic (exact) mass is 209 g/mol. The predicted octanol–water partition coefficient (Wildman–Crippen LogP) is 1.96. The van der Waals surface area contributed by atoms with Crippen molar-refractivity contribution in [1.82, 2.24) is 16.0 Å². The maximum absolute atomic E-state index is 3.48. The number of hydrazine groups is 2. The summed E-state index contributed by atoms with van der Waals surface area (Å²) in [6.45, 7) is 0. The Labute approximate surface area is 92.5 Å². The molecule has 0 aromatic carbocycles. The number of rotatable bonds is 1. The molecule has 3 heteroatoms. The van der Waals surface area contributed by atoms with Gasteiger partial charge in [-0.15, -0.1) is 0 Å². The molecule has 0 bridgehead atoms. The second-order valence-electron chi connectivity index (χ2n) is 5.41. The van der Waals surface area contributed by atoms with Crippen molar-refractivity contribution < 1.29 is 0 Å². The normalized spacial score (nSPS) is 39.2. The smallest absolute Gasteiger partial charge is 0.0427 e. The molecule has 0 aromatic heterocycles. The van der Waals surface area contributed by atoms with E-state index in [1.54, 1.807) is 0 Å². The van der Waals surface area contributed by atoms with Gasteiger partial charge >= 0.3 is 0 Å². The van der Waals surface area contributed by atoms with Crippen LogP contribution in [0.1, 0.15) is 57.8 Å². The highest BCUT2D eigenvalue weighted by molar-refractivity contribution is 4.93. The van der Waals surface area contributed by atoms with Crippen LogP contribution in [-0.4, -0.2) is 23.1 Å². The molecule has 0 aromatic rings. The average molecular weight is 209 g/mol. The predicted molar refractivity (Wildman–Crippen MR) is 61.0 cm³/mol. The van der Waals surface area contributed by atoms with Gasteiger partial charge in [0.15, 0.2) is 0 Å². The Kier molecular flexibility index (Phi) is 2.95. The van der Waals surface area contributed by atoms with Crippen LogP contribution in [0.5, 0.6) is 0 Å². The van der Waals surface area contributed by atoms with Crippen LogP contribution >= 0.6 is 0 Å². The summed E-state index contributed by atoms with van der Waals surface area (Å²) in [7, 11) is 0. The molecule has 3 aliphatic rings. The highest BCUT2D eigenvalue weighted by Gasteiger charge is 2.39. The third kappa shape index (κ3) is 1.93. The zero-order valence-electron chi connectivity index (χ0n) is 9.54. The molecule has 2 N–H and O–H groups in total. The van der Waals surface area contributed by atoms with E-state index in [-0.39, 0.29) is 0 Å². The van der Waals surface area contributed by atoms with E-state index >= 15 is 0 Å². The van der Waals surface area contributed by atoms with Crippen molar-refractivity contribution in [3.05, 3.63) is 0 Å². The van der Waals surface area contributed by atoms with E-state index in [1.807, 2.05) is 0 Å². The van der Waals surface area contributed by atoms with Crippen LogP contribution in [-0.2, 0) is 0 Å². The van der Waals surface area contributed by atoms with E-state index in [0.717, 1.165) is 18.1 Å². The van der Waals surface area contributed by atoms with E-state index in [2.05, 4.69) is 16.0 Å². The van der Waals surface area contributed by atoms with Gasteiger partial charge in [0.05, 0.1) is 0 Å². The van der Waals surface area contributed by atoms with Crippen LogP contribution in [0.2, 0.25) is 0 Å². The highest BCUT2D eigenvalue weighted by Crippen LogP contribution is 2.30. The van der Waals surface area contributed by atoms with Crippen LogP contribution < -0.4 is 11.0 Å². The van der Waals surface area contributed by atoms with Crippen molar-refractivity contribution in [1.29, 1.82) is 0 Å². The highest BCUT2D eigenvalue weighted by atomic mass is 15.7.